The van der Waals surface area contributed by atoms with Crippen LogP contribution in [-0.2, 0) is 37.4 Å². The van der Waals surface area contributed by atoms with E-state index in [-0.39, 0.29) is 40.3 Å². The molecule has 6 rings (SSSR count). The lowest BCUT2D eigenvalue weighted by Crippen LogP contribution is -2.34. The molecule has 2 aliphatic heterocycles. The van der Waals surface area contributed by atoms with E-state index in [9.17, 15) is 23.1 Å². The van der Waals surface area contributed by atoms with Gasteiger partial charge in [-0.25, -0.2) is 27.9 Å². The number of benzene rings is 2. The summed E-state index contributed by atoms with van der Waals surface area (Å²) in [5, 5.41) is 9.42. The summed E-state index contributed by atoms with van der Waals surface area (Å²) < 4.78 is 56.6. The summed E-state index contributed by atoms with van der Waals surface area (Å²) in [6.07, 6.45) is 1.50. The first kappa shape index (κ1) is 27.5. The third-order valence-corrected chi connectivity index (χ3v) is 7.76. The molecule has 0 bridgehead atoms. The van der Waals surface area contributed by atoms with Gasteiger partial charge in [-0.15, -0.1) is 0 Å². The van der Waals surface area contributed by atoms with Gasteiger partial charge in [0.2, 0.25) is 5.88 Å². The summed E-state index contributed by atoms with van der Waals surface area (Å²) in [6.45, 7) is 4.08. The van der Waals surface area contributed by atoms with Crippen LogP contribution >= 0.6 is 11.6 Å². The Morgan fingerprint density at radius 1 is 1.15 bits per heavy atom. The molecule has 0 amide bonds. The van der Waals surface area contributed by atoms with Crippen LogP contribution in [0.25, 0.3) is 11.0 Å². The van der Waals surface area contributed by atoms with Crippen LogP contribution in [0.1, 0.15) is 45.0 Å². The molecule has 0 aliphatic carbocycles. The van der Waals surface area contributed by atoms with Crippen molar-refractivity contribution in [1.29, 1.82) is 0 Å². The van der Waals surface area contributed by atoms with Gasteiger partial charge < -0.3 is 19.1 Å². The molecular formula is C29H26ClF3N4O4. The third-order valence-electron chi connectivity index (χ3n) is 7.54. The van der Waals surface area contributed by atoms with E-state index in [0.717, 1.165) is 41.4 Å². The molecule has 0 unspecified atom stereocenters. The molecule has 0 radical (unpaired) electrons. The quantitative estimate of drug-likeness (QED) is 0.294. The minimum absolute atomic E-state index is 0.0364. The molecule has 1 atom stereocenters. The number of nitrogens with zero attached hydrogens (tertiary/aromatic N) is 4. The summed E-state index contributed by atoms with van der Waals surface area (Å²) >= 11 is 5.72. The Morgan fingerprint density at radius 2 is 1.90 bits per heavy atom. The molecule has 2 aliphatic rings. The number of pyridine rings is 1. The largest absolute Gasteiger partial charge is 0.478 e. The Kier molecular flexibility index (Phi) is 7.35. The molecule has 2 aromatic heterocycles. The lowest BCUT2D eigenvalue weighted by atomic mass is 10.0. The predicted molar refractivity (Wildman–Crippen MR) is 143 cm³/mol. The Morgan fingerprint density at radius 3 is 2.59 bits per heavy atom. The lowest BCUT2D eigenvalue weighted by molar-refractivity contribution is -0.0592. The van der Waals surface area contributed by atoms with E-state index in [0.29, 0.717) is 50.5 Å². The van der Waals surface area contributed by atoms with Crippen molar-refractivity contribution in [3.63, 3.8) is 0 Å². The average molecular weight is 587 g/mol. The fourth-order valence-electron chi connectivity index (χ4n) is 5.25. The van der Waals surface area contributed by atoms with Gasteiger partial charge in [0.15, 0.2) is 5.82 Å². The van der Waals surface area contributed by atoms with Crippen molar-refractivity contribution in [2.75, 3.05) is 13.2 Å². The molecule has 0 saturated carbocycles. The Balaban J connectivity index is 1.25. The van der Waals surface area contributed by atoms with Gasteiger partial charge in [0.1, 0.15) is 29.6 Å². The van der Waals surface area contributed by atoms with E-state index in [1.54, 1.807) is 0 Å². The monoisotopic (exact) mass is 586 g/mol. The molecule has 4 aromatic rings. The van der Waals surface area contributed by atoms with Crippen molar-refractivity contribution in [1.82, 2.24) is 19.4 Å². The second-order valence-electron chi connectivity index (χ2n) is 10.4. The fourth-order valence-corrected chi connectivity index (χ4v) is 5.44. The van der Waals surface area contributed by atoms with Gasteiger partial charge in [-0.05, 0) is 55.7 Å². The first-order valence-corrected chi connectivity index (χ1v) is 13.6. The van der Waals surface area contributed by atoms with Crippen LogP contribution in [0.2, 0.25) is 5.02 Å². The minimum Gasteiger partial charge on any atom is -0.478 e. The van der Waals surface area contributed by atoms with E-state index in [4.69, 9.17) is 21.1 Å². The normalized spacial score (nSPS) is 17.0. The summed E-state index contributed by atoms with van der Waals surface area (Å²) in [7, 11) is 0. The first-order chi connectivity index (χ1) is 19.7. The van der Waals surface area contributed by atoms with Gasteiger partial charge >= 0.3 is 5.97 Å². The fraction of sp³-hybridized carbons (Fsp3) is 0.345. The van der Waals surface area contributed by atoms with Crippen LogP contribution in [-0.4, -0.2) is 49.8 Å². The number of hydrogen-bond acceptors (Lipinski definition) is 6. The number of carbonyl (C=O) groups is 1. The second kappa shape index (κ2) is 11.0. The molecule has 0 spiro atoms. The topological polar surface area (TPSA) is 89.7 Å². The highest BCUT2D eigenvalue weighted by Crippen LogP contribution is 2.29. The molecule has 2 aromatic carbocycles. The highest BCUT2D eigenvalue weighted by Gasteiger charge is 2.27. The maximum Gasteiger partial charge on any atom is 0.335 e. The maximum atomic E-state index is 14.9. The zero-order valence-electron chi connectivity index (χ0n) is 22.1. The van der Waals surface area contributed by atoms with Crippen molar-refractivity contribution in [3.05, 3.63) is 86.6 Å². The zero-order chi connectivity index (χ0) is 28.8. The van der Waals surface area contributed by atoms with E-state index in [2.05, 4.69) is 14.9 Å². The predicted octanol–water partition coefficient (Wildman–Crippen LogP) is 5.43. The second-order valence-corrected chi connectivity index (χ2v) is 10.8. The Hall–Kier alpha value is -3.67. The molecule has 214 valence electrons. The van der Waals surface area contributed by atoms with Crippen molar-refractivity contribution >= 4 is 28.6 Å². The number of hydrogen-bond donors (Lipinski definition) is 1. The Bertz CT molecular complexity index is 1650. The first-order valence-electron chi connectivity index (χ1n) is 13.2. The highest BCUT2D eigenvalue weighted by molar-refractivity contribution is 6.30. The number of aryl methyl sites for hydroxylation is 1. The number of halogens is 4. The number of imidazole rings is 1. The lowest BCUT2D eigenvalue weighted by Gasteiger charge is -2.30. The van der Waals surface area contributed by atoms with Crippen molar-refractivity contribution < 1.29 is 32.5 Å². The van der Waals surface area contributed by atoms with Crippen molar-refractivity contribution in [2.45, 2.75) is 52.1 Å². The van der Waals surface area contributed by atoms with E-state index in [1.165, 1.54) is 6.07 Å². The summed E-state index contributed by atoms with van der Waals surface area (Å²) in [4.78, 5) is 22.9. The summed E-state index contributed by atoms with van der Waals surface area (Å²) in [5.41, 5.74) is 2.71. The standard InChI is InChI=1S/C29H26ClF3N4O4/c1-15-6-16-2-4-36(12-24(16)34-28(15)41-14-20-21(31)9-18(30)10-22(20)32)13-26-35-27-23(33)7-17(29(38)39)8-25(27)37(26)11-19-3-5-40-19/h6-10,19H,2-5,11-14H2,1H3,(H,38,39)/t19-/m0/s1. The van der Waals surface area contributed by atoms with Gasteiger partial charge in [-0.2, -0.15) is 0 Å². The molecule has 8 nitrogen and oxygen atoms in total. The molecule has 1 fully saturated rings. The number of aromatic nitrogens is 3. The van der Waals surface area contributed by atoms with E-state index in [1.807, 2.05) is 17.6 Å². The van der Waals surface area contributed by atoms with Gasteiger partial charge in [-0.3, -0.25) is 4.90 Å². The van der Waals surface area contributed by atoms with Crippen molar-refractivity contribution in [3.8, 4) is 5.88 Å². The highest BCUT2D eigenvalue weighted by atomic mass is 35.5. The molecular weight excluding hydrogens is 561 g/mol. The minimum atomic E-state index is -1.21. The SMILES string of the molecule is Cc1cc2c(nc1OCc1c(F)cc(Cl)cc1F)CN(Cc1nc3c(F)cc(C(=O)O)cc3n1C[C@@H]1CCO1)CC2. The Labute approximate surface area is 238 Å². The van der Waals surface area contributed by atoms with E-state index < -0.39 is 23.4 Å². The molecule has 12 heteroatoms. The number of rotatable bonds is 8. The zero-order valence-corrected chi connectivity index (χ0v) is 22.8. The number of carboxylic acids is 1. The van der Waals surface area contributed by atoms with Crippen LogP contribution in [0.4, 0.5) is 13.2 Å². The summed E-state index contributed by atoms with van der Waals surface area (Å²) in [5.74, 6) is -2.62. The van der Waals surface area contributed by atoms with Crippen LogP contribution in [0.5, 0.6) is 5.88 Å². The number of fused-ring (bicyclic) bond motifs is 2. The van der Waals surface area contributed by atoms with E-state index >= 15 is 0 Å². The average Bonchev–Trinajstić information content (AvgIpc) is 3.23. The van der Waals surface area contributed by atoms with Crippen LogP contribution in [0.3, 0.4) is 0 Å². The van der Waals surface area contributed by atoms with Gasteiger partial charge in [0, 0.05) is 30.3 Å². The number of aromatic carboxylic acids is 1. The van der Waals surface area contributed by atoms with Gasteiger partial charge in [-0.1, -0.05) is 11.6 Å². The van der Waals surface area contributed by atoms with Gasteiger partial charge in [0.25, 0.3) is 0 Å². The number of ether oxygens (including phenoxy) is 2. The van der Waals surface area contributed by atoms with Crippen LogP contribution in [0.15, 0.2) is 30.3 Å². The van der Waals surface area contributed by atoms with Gasteiger partial charge in [0.05, 0.1) is 41.5 Å². The molecule has 1 saturated heterocycles. The summed E-state index contributed by atoms with van der Waals surface area (Å²) in [6, 6.07) is 6.47. The molecule has 41 heavy (non-hydrogen) atoms. The smallest absolute Gasteiger partial charge is 0.335 e. The van der Waals surface area contributed by atoms with Crippen LogP contribution in [0, 0.1) is 24.4 Å². The third kappa shape index (κ3) is 5.49. The molecule has 4 heterocycles. The van der Waals surface area contributed by atoms with Crippen LogP contribution < -0.4 is 4.74 Å². The number of carboxylic acid groups (broad SMARTS) is 1. The maximum absolute atomic E-state index is 14.9. The molecule has 1 N–H and O–H groups in total. The van der Waals surface area contributed by atoms with Crippen molar-refractivity contribution in [2.24, 2.45) is 0 Å².